The van der Waals surface area contributed by atoms with Crippen molar-refractivity contribution >= 4 is 5.97 Å². The molecule has 0 aliphatic carbocycles. The molecule has 0 spiro atoms. The van der Waals surface area contributed by atoms with Crippen LogP contribution in [-0.4, -0.2) is 27.1 Å². The fourth-order valence-corrected chi connectivity index (χ4v) is 0.749. The molecule has 0 fully saturated rings. The maximum Gasteiger partial charge on any atom is 0.328 e. The van der Waals surface area contributed by atoms with E-state index in [-0.39, 0.29) is 18.6 Å². The van der Waals surface area contributed by atoms with Gasteiger partial charge in [-0.2, -0.15) is 0 Å². The van der Waals surface area contributed by atoms with Gasteiger partial charge in [-0.25, -0.2) is 4.68 Å². The van der Waals surface area contributed by atoms with Crippen molar-refractivity contribution in [3.8, 4) is 0 Å². The van der Waals surface area contributed by atoms with Crippen LogP contribution in [0, 0.1) is 0 Å². The Kier molecular flexibility index (Phi) is 2.79. The molecule has 12 heavy (non-hydrogen) atoms. The molecule has 0 aliphatic rings. The molecule has 1 aromatic heterocycles. The van der Waals surface area contributed by atoms with Crippen LogP contribution in [0.5, 0.6) is 0 Å². The van der Waals surface area contributed by atoms with Crippen LogP contribution in [0.2, 0.25) is 0 Å². The van der Waals surface area contributed by atoms with Gasteiger partial charge < -0.3 is 4.74 Å². The van der Waals surface area contributed by atoms with Gasteiger partial charge in [0.05, 0.1) is 12.3 Å². The number of aromatic nitrogens is 3. The number of nitrogens with zero attached hydrogens (tertiary/aromatic N) is 3. The summed E-state index contributed by atoms with van der Waals surface area (Å²) in [6.07, 6.45) is 3.05. The summed E-state index contributed by atoms with van der Waals surface area (Å²) in [5.41, 5.74) is 0. The summed E-state index contributed by atoms with van der Waals surface area (Å²) >= 11 is 0. The smallest absolute Gasteiger partial charge is 0.328 e. The van der Waals surface area contributed by atoms with Crippen molar-refractivity contribution < 1.29 is 9.53 Å². The molecule has 1 rings (SSSR count). The molecule has 0 radical (unpaired) electrons. The number of hydrogen-bond donors (Lipinski definition) is 0. The summed E-state index contributed by atoms with van der Waals surface area (Å²) in [7, 11) is 0. The van der Waals surface area contributed by atoms with Crippen molar-refractivity contribution in [2.75, 3.05) is 0 Å². The first-order valence-electron chi connectivity index (χ1n) is 3.72. The zero-order chi connectivity index (χ0) is 8.97. The van der Waals surface area contributed by atoms with Crippen molar-refractivity contribution in [3.05, 3.63) is 12.4 Å². The summed E-state index contributed by atoms with van der Waals surface area (Å²) in [6.45, 7) is 3.73. The standard InChI is InChI=1S/C7H11N3O2/c1-6(2)12-7(11)5-10-4-3-8-9-10/h3-4,6H,5H2,1-2H3. The van der Waals surface area contributed by atoms with Crippen LogP contribution in [0.1, 0.15) is 13.8 Å². The lowest BCUT2D eigenvalue weighted by atomic mass is 10.5. The molecule has 1 aromatic rings. The average molecular weight is 169 g/mol. The predicted molar refractivity (Wildman–Crippen MR) is 41.3 cm³/mol. The molecule has 0 aromatic carbocycles. The van der Waals surface area contributed by atoms with E-state index in [4.69, 9.17) is 4.74 Å². The Balaban J connectivity index is 2.37. The minimum absolute atomic E-state index is 0.0824. The lowest BCUT2D eigenvalue weighted by molar-refractivity contribution is -0.148. The van der Waals surface area contributed by atoms with Gasteiger partial charge in [0.2, 0.25) is 0 Å². The van der Waals surface area contributed by atoms with Crippen LogP contribution in [0.3, 0.4) is 0 Å². The number of ether oxygens (including phenoxy) is 1. The second kappa shape index (κ2) is 3.85. The molecule has 0 bridgehead atoms. The van der Waals surface area contributed by atoms with E-state index in [1.165, 1.54) is 10.9 Å². The minimum atomic E-state index is -0.296. The van der Waals surface area contributed by atoms with Gasteiger partial charge in [0, 0.05) is 6.20 Å². The first-order chi connectivity index (χ1) is 5.68. The zero-order valence-corrected chi connectivity index (χ0v) is 7.10. The van der Waals surface area contributed by atoms with E-state index in [0.29, 0.717) is 0 Å². The Morgan fingerprint density at radius 3 is 2.92 bits per heavy atom. The van der Waals surface area contributed by atoms with E-state index in [9.17, 15) is 4.79 Å². The summed E-state index contributed by atoms with van der Waals surface area (Å²) in [4.78, 5) is 11.0. The third-order valence-corrected chi connectivity index (χ3v) is 1.13. The molecule has 0 saturated carbocycles. The highest BCUT2D eigenvalue weighted by molar-refractivity contribution is 5.69. The second-order valence-electron chi connectivity index (χ2n) is 2.64. The van der Waals surface area contributed by atoms with E-state index in [2.05, 4.69) is 10.3 Å². The van der Waals surface area contributed by atoms with E-state index in [1.807, 2.05) is 0 Å². The minimum Gasteiger partial charge on any atom is -0.462 e. The van der Waals surface area contributed by atoms with Crippen LogP contribution >= 0.6 is 0 Å². The number of carbonyl (C=O) groups excluding carboxylic acids is 1. The van der Waals surface area contributed by atoms with Gasteiger partial charge in [0.1, 0.15) is 6.54 Å². The molecule has 0 N–H and O–H groups in total. The molecular weight excluding hydrogens is 158 g/mol. The molecule has 66 valence electrons. The van der Waals surface area contributed by atoms with Crippen molar-refractivity contribution in [2.45, 2.75) is 26.5 Å². The highest BCUT2D eigenvalue weighted by Gasteiger charge is 2.05. The quantitative estimate of drug-likeness (QED) is 0.608. The Morgan fingerprint density at radius 1 is 1.67 bits per heavy atom. The van der Waals surface area contributed by atoms with Crippen LogP contribution in [0.15, 0.2) is 12.4 Å². The topological polar surface area (TPSA) is 57.0 Å². The molecule has 0 amide bonds. The van der Waals surface area contributed by atoms with Crippen LogP contribution < -0.4 is 0 Å². The Morgan fingerprint density at radius 2 is 2.42 bits per heavy atom. The van der Waals surface area contributed by atoms with Crippen molar-refractivity contribution in [1.82, 2.24) is 15.0 Å². The lowest BCUT2D eigenvalue weighted by Crippen LogP contribution is -2.17. The summed E-state index contributed by atoms with van der Waals surface area (Å²) in [6, 6.07) is 0. The van der Waals surface area contributed by atoms with Gasteiger partial charge >= 0.3 is 5.97 Å². The Bertz CT molecular complexity index is 243. The maximum atomic E-state index is 11.0. The van der Waals surface area contributed by atoms with Crippen LogP contribution in [-0.2, 0) is 16.1 Å². The van der Waals surface area contributed by atoms with E-state index in [0.717, 1.165) is 0 Å². The highest BCUT2D eigenvalue weighted by atomic mass is 16.5. The number of carbonyl (C=O) groups is 1. The monoisotopic (exact) mass is 169 g/mol. The molecule has 0 aliphatic heterocycles. The largest absolute Gasteiger partial charge is 0.462 e. The van der Waals surface area contributed by atoms with Gasteiger partial charge in [-0.05, 0) is 13.8 Å². The molecule has 5 nitrogen and oxygen atoms in total. The molecule has 1 heterocycles. The Labute approximate surface area is 70.3 Å². The molecule has 0 unspecified atom stereocenters. The van der Waals surface area contributed by atoms with Crippen molar-refractivity contribution in [1.29, 1.82) is 0 Å². The normalized spacial score (nSPS) is 10.2. The fraction of sp³-hybridized carbons (Fsp3) is 0.571. The average Bonchev–Trinajstić information content (AvgIpc) is 2.37. The van der Waals surface area contributed by atoms with E-state index in [1.54, 1.807) is 20.0 Å². The van der Waals surface area contributed by atoms with E-state index < -0.39 is 0 Å². The van der Waals surface area contributed by atoms with Gasteiger partial charge in [-0.1, -0.05) is 5.21 Å². The summed E-state index contributed by atoms with van der Waals surface area (Å²) in [5.74, 6) is -0.296. The first-order valence-corrected chi connectivity index (χ1v) is 3.72. The number of rotatable bonds is 3. The lowest BCUT2D eigenvalue weighted by Gasteiger charge is -2.06. The summed E-state index contributed by atoms with van der Waals surface area (Å²) < 4.78 is 6.32. The van der Waals surface area contributed by atoms with Gasteiger partial charge in [0.15, 0.2) is 0 Å². The number of esters is 1. The zero-order valence-electron chi connectivity index (χ0n) is 7.10. The molecule has 0 saturated heterocycles. The fourth-order valence-electron chi connectivity index (χ4n) is 0.749. The van der Waals surface area contributed by atoms with Gasteiger partial charge in [-0.3, -0.25) is 4.79 Å². The van der Waals surface area contributed by atoms with Crippen LogP contribution in [0.4, 0.5) is 0 Å². The second-order valence-corrected chi connectivity index (χ2v) is 2.64. The Hall–Kier alpha value is -1.39. The maximum absolute atomic E-state index is 11.0. The first kappa shape index (κ1) is 8.70. The predicted octanol–water partition coefficient (Wildman–Crippen LogP) is 0.230. The molecule has 5 heteroatoms. The van der Waals surface area contributed by atoms with Crippen LogP contribution in [0.25, 0.3) is 0 Å². The van der Waals surface area contributed by atoms with Gasteiger partial charge in [-0.15, -0.1) is 5.10 Å². The third kappa shape index (κ3) is 2.69. The van der Waals surface area contributed by atoms with Crippen molar-refractivity contribution in [3.63, 3.8) is 0 Å². The van der Waals surface area contributed by atoms with E-state index >= 15 is 0 Å². The summed E-state index contributed by atoms with van der Waals surface area (Å²) in [5, 5.41) is 7.19. The van der Waals surface area contributed by atoms with Gasteiger partial charge in [0.25, 0.3) is 0 Å². The molecular formula is C7H11N3O2. The SMILES string of the molecule is CC(C)OC(=O)Cn1ccnn1. The highest BCUT2D eigenvalue weighted by Crippen LogP contribution is 1.91. The number of hydrogen-bond acceptors (Lipinski definition) is 4. The van der Waals surface area contributed by atoms with Crippen molar-refractivity contribution in [2.24, 2.45) is 0 Å². The third-order valence-electron chi connectivity index (χ3n) is 1.13. The molecule has 0 atom stereocenters.